The maximum Gasteiger partial charge on any atom is 0.172 e. The first-order chi connectivity index (χ1) is 7.19. The molecule has 0 saturated heterocycles. The molecule has 0 aromatic heterocycles. The van der Waals surface area contributed by atoms with E-state index in [1.165, 1.54) is 7.11 Å². The van der Waals surface area contributed by atoms with E-state index in [-0.39, 0.29) is 5.75 Å². The van der Waals surface area contributed by atoms with Gasteiger partial charge in [-0.25, -0.2) is 0 Å². The van der Waals surface area contributed by atoms with Gasteiger partial charge in [0, 0.05) is 6.07 Å². The van der Waals surface area contributed by atoms with Crippen LogP contribution in [0.3, 0.4) is 0 Å². The Morgan fingerprint density at radius 1 is 1.47 bits per heavy atom. The summed E-state index contributed by atoms with van der Waals surface area (Å²) in [6.07, 6.45) is 0.792. The van der Waals surface area contributed by atoms with Crippen LogP contribution in [0, 0.1) is 0 Å². The summed E-state index contributed by atoms with van der Waals surface area (Å²) >= 11 is 3.21. The third kappa shape index (κ3) is 3.28. The van der Waals surface area contributed by atoms with Gasteiger partial charge in [-0.15, -0.1) is 0 Å². The van der Waals surface area contributed by atoms with Crippen molar-refractivity contribution in [1.29, 1.82) is 0 Å². The number of hydrogen-bond acceptors (Lipinski definition) is 4. The first kappa shape index (κ1) is 12.1. The molecule has 4 nitrogen and oxygen atoms in total. The Kier molecular flexibility index (Phi) is 4.71. The molecule has 0 fully saturated rings. The van der Waals surface area contributed by atoms with E-state index in [0.717, 1.165) is 6.42 Å². The van der Waals surface area contributed by atoms with Crippen LogP contribution in [-0.4, -0.2) is 25.4 Å². The maximum absolute atomic E-state index is 9.55. The van der Waals surface area contributed by atoms with Crippen molar-refractivity contribution in [3.8, 4) is 17.2 Å². The Bertz CT molecular complexity index is 331. The lowest BCUT2D eigenvalue weighted by Crippen LogP contribution is -2.06. The number of phenolic OH excluding ortho intramolecular Hbond substituents is 1. The monoisotopic (exact) mass is 275 g/mol. The summed E-state index contributed by atoms with van der Waals surface area (Å²) in [4.78, 5) is 0. The third-order valence-corrected chi connectivity index (χ3v) is 2.44. The van der Waals surface area contributed by atoms with Crippen molar-refractivity contribution < 1.29 is 14.6 Å². The second-order valence-electron chi connectivity index (χ2n) is 2.95. The molecule has 84 valence electrons. The number of methoxy groups -OCH3 is 1. The van der Waals surface area contributed by atoms with Crippen LogP contribution in [0.15, 0.2) is 16.6 Å². The van der Waals surface area contributed by atoms with Crippen LogP contribution < -0.4 is 15.2 Å². The minimum atomic E-state index is 0.0728. The van der Waals surface area contributed by atoms with Crippen molar-refractivity contribution in [2.24, 2.45) is 5.73 Å². The lowest BCUT2D eigenvalue weighted by Gasteiger charge is -2.10. The fourth-order valence-corrected chi connectivity index (χ4v) is 1.48. The molecular weight excluding hydrogens is 262 g/mol. The van der Waals surface area contributed by atoms with E-state index >= 15 is 0 Å². The summed E-state index contributed by atoms with van der Waals surface area (Å²) in [5.41, 5.74) is 5.35. The predicted octanol–water partition coefficient (Wildman–Crippen LogP) is 1.89. The number of nitrogens with two attached hydrogens (primary N) is 1. The highest BCUT2D eigenvalue weighted by molar-refractivity contribution is 9.10. The zero-order chi connectivity index (χ0) is 11.3. The van der Waals surface area contributed by atoms with Crippen molar-refractivity contribution in [3.05, 3.63) is 16.6 Å². The summed E-state index contributed by atoms with van der Waals surface area (Å²) < 4.78 is 11.0. The van der Waals surface area contributed by atoms with Gasteiger partial charge in [-0.2, -0.15) is 0 Å². The normalized spacial score (nSPS) is 10.1. The van der Waals surface area contributed by atoms with Crippen LogP contribution in [0.4, 0.5) is 0 Å². The van der Waals surface area contributed by atoms with Gasteiger partial charge >= 0.3 is 0 Å². The Labute approximate surface area is 97.1 Å². The van der Waals surface area contributed by atoms with Crippen LogP contribution in [0.25, 0.3) is 0 Å². The zero-order valence-electron chi connectivity index (χ0n) is 8.50. The standard InChI is InChI=1S/C10H14BrNO3/c1-14-9-6-7(15-4-2-3-12)5-8(11)10(9)13/h5-6,13H,2-4,12H2,1H3. The molecule has 15 heavy (non-hydrogen) atoms. The summed E-state index contributed by atoms with van der Waals surface area (Å²) in [7, 11) is 1.49. The van der Waals surface area contributed by atoms with Crippen molar-refractivity contribution in [3.63, 3.8) is 0 Å². The maximum atomic E-state index is 9.55. The van der Waals surface area contributed by atoms with Gasteiger partial charge in [0.2, 0.25) is 0 Å². The van der Waals surface area contributed by atoms with E-state index in [9.17, 15) is 5.11 Å². The van der Waals surface area contributed by atoms with E-state index in [1.807, 2.05) is 0 Å². The minimum Gasteiger partial charge on any atom is -0.503 e. The molecule has 5 heteroatoms. The van der Waals surface area contributed by atoms with Gasteiger partial charge in [0.1, 0.15) is 5.75 Å². The van der Waals surface area contributed by atoms with Crippen molar-refractivity contribution in [2.75, 3.05) is 20.3 Å². The summed E-state index contributed by atoms with van der Waals surface area (Å²) in [5.74, 6) is 1.10. The predicted molar refractivity (Wildman–Crippen MR) is 61.5 cm³/mol. The van der Waals surface area contributed by atoms with Crippen LogP contribution in [0.5, 0.6) is 17.2 Å². The number of ether oxygens (including phenoxy) is 2. The fraction of sp³-hybridized carbons (Fsp3) is 0.400. The average molecular weight is 276 g/mol. The van der Waals surface area contributed by atoms with E-state index in [2.05, 4.69) is 15.9 Å². The van der Waals surface area contributed by atoms with Crippen LogP contribution in [0.1, 0.15) is 6.42 Å². The van der Waals surface area contributed by atoms with E-state index in [4.69, 9.17) is 15.2 Å². The SMILES string of the molecule is COc1cc(OCCCN)cc(Br)c1O. The molecule has 0 saturated carbocycles. The molecule has 0 aliphatic rings. The van der Waals surface area contributed by atoms with Crippen LogP contribution in [0.2, 0.25) is 0 Å². The van der Waals surface area contributed by atoms with E-state index in [0.29, 0.717) is 29.1 Å². The molecule has 1 aromatic rings. The zero-order valence-corrected chi connectivity index (χ0v) is 10.1. The smallest absolute Gasteiger partial charge is 0.172 e. The second kappa shape index (κ2) is 5.82. The van der Waals surface area contributed by atoms with Gasteiger partial charge in [0.25, 0.3) is 0 Å². The van der Waals surface area contributed by atoms with Gasteiger partial charge in [0.15, 0.2) is 11.5 Å². The third-order valence-electron chi connectivity index (χ3n) is 1.84. The average Bonchev–Trinajstić information content (AvgIpc) is 2.23. The Morgan fingerprint density at radius 3 is 2.80 bits per heavy atom. The van der Waals surface area contributed by atoms with Gasteiger partial charge < -0.3 is 20.3 Å². The fourth-order valence-electron chi connectivity index (χ4n) is 1.06. The molecule has 0 bridgehead atoms. The number of aromatic hydroxyl groups is 1. The number of benzene rings is 1. The molecule has 0 atom stereocenters. The van der Waals surface area contributed by atoms with Crippen molar-refractivity contribution in [1.82, 2.24) is 0 Å². The number of phenols is 1. The van der Waals surface area contributed by atoms with Crippen molar-refractivity contribution in [2.45, 2.75) is 6.42 Å². The molecule has 0 radical (unpaired) electrons. The Balaban J connectivity index is 2.77. The highest BCUT2D eigenvalue weighted by Gasteiger charge is 2.08. The molecular formula is C10H14BrNO3. The number of hydrogen-bond donors (Lipinski definition) is 2. The highest BCUT2D eigenvalue weighted by Crippen LogP contribution is 2.37. The van der Waals surface area contributed by atoms with Crippen LogP contribution in [-0.2, 0) is 0 Å². The van der Waals surface area contributed by atoms with Gasteiger partial charge in [0.05, 0.1) is 18.2 Å². The summed E-state index contributed by atoms with van der Waals surface area (Å²) in [6, 6.07) is 3.32. The molecule has 0 heterocycles. The minimum absolute atomic E-state index is 0.0728. The number of halogens is 1. The van der Waals surface area contributed by atoms with E-state index in [1.54, 1.807) is 12.1 Å². The van der Waals surface area contributed by atoms with E-state index < -0.39 is 0 Å². The Hall–Kier alpha value is -0.940. The molecule has 1 aromatic carbocycles. The largest absolute Gasteiger partial charge is 0.503 e. The topological polar surface area (TPSA) is 64.7 Å². The van der Waals surface area contributed by atoms with Gasteiger partial charge in [-0.05, 0) is 35.0 Å². The van der Waals surface area contributed by atoms with Gasteiger partial charge in [-0.3, -0.25) is 0 Å². The van der Waals surface area contributed by atoms with Crippen LogP contribution >= 0.6 is 15.9 Å². The molecule has 0 unspecified atom stereocenters. The molecule has 0 aliphatic heterocycles. The Morgan fingerprint density at radius 2 is 2.20 bits per heavy atom. The first-order valence-electron chi connectivity index (χ1n) is 4.58. The highest BCUT2D eigenvalue weighted by atomic mass is 79.9. The molecule has 0 spiro atoms. The first-order valence-corrected chi connectivity index (χ1v) is 5.37. The summed E-state index contributed by atoms with van der Waals surface area (Å²) in [6.45, 7) is 1.15. The molecule has 1 rings (SSSR count). The number of rotatable bonds is 5. The lowest BCUT2D eigenvalue weighted by atomic mass is 10.3. The van der Waals surface area contributed by atoms with Gasteiger partial charge in [-0.1, -0.05) is 0 Å². The molecule has 0 aliphatic carbocycles. The molecule has 0 amide bonds. The second-order valence-corrected chi connectivity index (χ2v) is 3.80. The quantitative estimate of drug-likeness (QED) is 0.806. The summed E-state index contributed by atoms with van der Waals surface area (Å²) in [5, 5.41) is 9.55. The molecule has 3 N–H and O–H groups in total. The van der Waals surface area contributed by atoms with Crippen molar-refractivity contribution >= 4 is 15.9 Å². The lowest BCUT2D eigenvalue weighted by molar-refractivity contribution is 0.307.